The number of likely N-dealkylation sites (tertiary alicyclic amines) is 1. The second kappa shape index (κ2) is 16.0. The normalized spacial score (nSPS) is 15.3. The van der Waals surface area contributed by atoms with Crippen molar-refractivity contribution < 1.29 is 52.4 Å². The minimum absolute atomic E-state index is 0.110. The summed E-state index contributed by atoms with van der Waals surface area (Å²) in [7, 11) is 1.37. The molecule has 1 aliphatic heterocycles. The lowest BCUT2D eigenvalue weighted by Crippen LogP contribution is -2.53. The molecule has 248 valence electrons. The van der Waals surface area contributed by atoms with E-state index in [0.29, 0.717) is 29.5 Å². The quantitative estimate of drug-likeness (QED) is 0.167. The Balaban J connectivity index is 1.87. The standard InChI is InChI=1S/C34H40FNO10/c1-6-28(39)45-20-34(3,4)31(40)32(41)36-17-8-7-12-25(36)33(42)46-26(23-10-9-11-24(18-23)44-19-27(37)38)16-15-22-14-13-21(2)30(43-5)29(22)35/h6,9-11,13-14,18,25-26H,1,7-8,12,15-17,19-20H2,2-5H3,(H,37,38)/t25-,26+/m0/s1. The molecule has 46 heavy (non-hydrogen) atoms. The zero-order valence-corrected chi connectivity index (χ0v) is 26.5. The lowest BCUT2D eigenvalue weighted by molar-refractivity contribution is -0.165. The van der Waals surface area contributed by atoms with Crippen LogP contribution in [-0.2, 0) is 39.9 Å². The van der Waals surface area contributed by atoms with E-state index in [4.69, 9.17) is 24.1 Å². The molecule has 0 bridgehead atoms. The van der Waals surface area contributed by atoms with Gasteiger partial charge in [-0.1, -0.05) is 30.8 Å². The largest absolute Gasteiger partial charge is 0.493 e. The summed E-state index contributed by atoms with van der Waals surface area (Å²) in [6.07, 6.45) is 1.69. The Labute approximate surface area is 267 Å². The average Bonchev–Trinajstić information content (AvgIpc) is 3.04. The molecule has 0 spiro atoms. The molecule has 0 aliphatic carbocycles. The van der Waals surface area contributed by atoms with Crippen LogP contribution in [0.2, 0.25) is 0 Å². The molecule has 1 saturated heterocycles. The fraction of sp³-hybridized carbons (Fsp3) is 0.441. The average molecular weight is 642 g/mol. The van der Waals surface area contributed by atoms with Gasteiger partial charge >= 0.3 is 17.9 Å². The van der Waals surface area contributed by atoms with Crippen LogP contribution in [0.3, 0.4) is 0 Å². The fourth-order valence-electron chi connectivity index (χ4n) is 5.10. The van der Waals surface area contributed by atoms with Gasteiger partial charge in [-0.3, -0.25) is 9.59 Å². The first-order valence-electron chi connectivity index (χ1n) is 14.9. The number of carboxylic acids is 1. The number of Topliss-reactive ketones (excluding diaryl/α,β-unsaturated/α-hetero) is 1. The number of amides is 1. The number of carbonyl (C=O) groups is 5. The Morgan fingerprint density at radius 2 is 1.89 bits per heavy atom. The summed E-state index contributed by atoms with van der Waals surface area (Å²) in [6, 6.07) is 8.64. The minimum Gasteiger partial charge on any atom is -0.493 e. The van der Waals surface area contributed by atoms with Crippen LogP contribution >= 0.6 is 0 Å². The molecule has 3 rings (SSSR count). The number of esters is 2. The summed E-state index contributed by atoms with van der Waals surface area (Å²) in [5.41, 5.74) is 0.0558. The van der Waals surface area contributed by atoms with Gasteiger partial charge in [0.2, 0.25) is 5.78 Å². The van der Waals surface area contributed by atoms with Gasteiger partial charge in [0.1, 0.15) is 24.5 Å². The molecule has 1 aliphatic rings. The minimum atomic E-state index is -1.36. The van der Waals surface area contributed by atoms with E-state index >= 15 is 4.39 Å². The van der Waals surface area contributed by atoms with E-state index in [9.17, 15) is 24.0 Å². The third-order valence-electron chi connectivity index (χ3n) is 7.69. The van der Waals surface area contributed by atoms with Gasteiger partial charge in [0, 0.05) is 12.6 Å². The Morgan fingerprint density at radius 3 is 2.57 bits per heavy atom. The fourth-order valence-corrected chi connectivity index (χ4v) is 5.10. The summed E-state index contributed by atoms with van der Waals surface area (Å²) >= 11 is 0. The molecule has 1 fully saturated rings. The van der Waals surface area contributed by atoms with Gasteiger partial charge in [0.15, 0.2) is 18.2 Å². The van der Waals surface area contributed by atoms with Crippen LogP contribution in [0.5, 0.6) is 11.5 Å². The summed E-state index contributed by atoms with van der Waals surface area (Å²) in [6.45, 7) is 7.17. The van der Waals surface area contributed by atoms with Crippen molar-refractivity contribution in [2.24, 2.45) is 5.41 Å². The summed E-state index contributed by atoms with van der Waals surface area (Å²) in [5, 5.41) is 9.02. The molecule has 2 aromatic carbocycles. The van der Waals surface area contributed by atoms with Crippen molar-refractivity contribution in [2.45, 2.75) is 65.0 Å². The number of halogens is 1. The zero-order valence-electron chi connectivity index (χ0n) is 26.5. The number of hydrogen-bond donors (Lipinski definition) is 1. The van der Waals surface area contributed by atoms with Crippen LogP contribution in [0.25, 0.3) is 0 Å². The van der Waals surface area contributed by atoms with Gasteiger partial charge in [-0.15, -0.1) is 0 Å². The lowest BCUT2D eigenvalue weighted by atomic mass is 9.87. The number of nitrogens with zero attached hydrogens (tertiary/aromatic N) is 1. The van der Waals surface area contributed by atoms with Gasteiger partial charge < -0.3 is 29.0 Å². The van der Waals surface area contributed by atoms with Crippen LogP contribution in [0.1, 0.15) is 62.3 Å². The Morgan fingerprint density at radius 1 is 1.15 bits per heavy atom. The van der Waals surface area contributed by atoms with E-state index in [0.717, 1.165) is 6.08 Å². The summed E-state index contributed by atoms with van der Waals surface area (Å²) in [4.78, 5) is 64.2. The maximum atomic E-state index is 15.2. The molecule has 0 aromatic heterocycles. The highest BCUT2D eigenvalue weighted by Crippen LogP contribution is 2.32. The van der Waals surface area contributed by atoms with Crippen molar-refractivity contribution in [3.05, 3.63) is 71.6 Å². The van der Waals surface area contributed by atoms with E-state index in [1.807, 2.05) is 0 Å². The molecule has 0 unspecified atom stereocenters. The van der Waals surface area contributed by atoms with E-state index in [1.54, 1.807) is 37.3 Å². The first-order chi connectivity index (χ1) is 21.8. The lowest BCUT2D eigenvalue weighted by Gasteiger charge is -2.36. The smallest absolute Gasteiger partial charge is 0.341 e. The highest BCUT2D eigenvalue weighted by atomic mass is 19.1. The van der Waals surface area contributed by atoms with Crippen molar-refractivity contribution in [3.8, 4) is 11.5 Å². The van der Waals surface area contributed by atoms with Gasteiger partial charge in [-0.25, -0.2) is 18.8 Å². The number of carbonyl (C=O) groups excluding carboxylic acids is 4. The number of ketones is 1. The molecule has 0 radical (unpaired) electrons. The van der Waals surface area contributed by atoms with Crippen LogP contribution in [0.4, 0.5) is 4.39 Å². The third kappa shape index (κ3) is 9.15. The molecule has 1 amide bonds. The molecule has 2 atom stereocenters. The number of benzene rings is 2. The number of rotatable bonds is 15. The Kier molecular flexibility index (Phi) is 12.4. The molecule has 0 saturated carbocycles. The Hall–Kier alpha value is -4.74. The highest BCUT2D eigenvalue weighted by molar-refractivity contribution is 6.38. The monoisotopic (exact) mass is 641 g/mol. The molecule has 12 heteroatoms. The van der Waals surface area contributed by atoms with Gasteiger partial charge in [0.25, 0.3) is 5.91 Å². The number of hydrogen-bond acceptors (Lipinski definition) is 9. The van der Waals surface area contributed by atoms with E-state index < -0.39 is 59.6 Å². The molecule has 2 aromatic rings. The second-order valence-electron chi connectivity index (χ2n) is 11.6. The highest BCUT2D eigenvalue weighted by Gasteiger charge is 2.42. The SMILES string of the molecule is C=CC(=O)OCC(C)(C)C(=O)C(=O)N1CCCC[C@H]1C(=O)O[C@H](CCc1ccc(C)c(OC)c1F)c1cccc(OCC(=O)O)c1. The molecule has 1 N–H and O–H groups in total. The van der Waals surface area contributed by atoms with Crippen LogP contribution in [0.15, 0.2) is 49.1 Å². The number of aryl methyl sites for hydroxylation is 2. The Bertz CT molecular complexity index is 1470. The predicted molar refractivity (Wildman–Crippen MR) is 164 cm³/mol. The van der Waals surface area contributed by atoms with Crippen molar-refractivity contribution in [2.75, 3.05) is 26.9 Å². The summed E-state index contributed by atoms with van der Waals surface area (Å²) in [5.74, 6) is -4.57. The van der Waals surface area contributed by atoms with Crippen LogP contribution < -0.4 is 9.47 Å². The summed E-state index contributed by atoms with van der Waals surface area (Å²) < 4.78 is 36.7. The first kappa shape index (κ1) is 35.7. The topological polar surface area (TPSA) is 146 Å². The number of ether oxygens (including phenoxy) is 4. The number of aliphatic carboxylic acids is 1. The van der Waals surface area contributed by atoms with Crippen LogP contribution in [0, 0.1) is 18.2 Å². The number of piperidine rings is 1. The van der Waals surface area contributed by atoms with Crippen molar-refractivity contribution in [1.82, 2.24) is 4.90 Å². The van der Waals surface area contributed by atoms with Gasteiger partial charge in [-0.2, -0.15) is 0 Å². The molecule has 11 nitrogen and oxygen atoms in total. The van der Waals surface area contributed by atoms with Gasteiger partial charge in [0.05, 0.1) is 12.5 Å². The first-order valence-corrected chi connectivity index (χ1v) is 14.9. The van der Waals surface area contributed by atoms with E-state index in [2.05, 4.69) is 6.58 Å². The number of carboxylic acid groups (broad SMARTS) is 1. The zero-order chi connectivity index (χ0) is 34.0. The van der Waals surface area contributed by atoms with Crippen molar-refractivity contribution >= 4 is 29.6 Å². The maximum absolute atomic E-state index is 15.2. The molecular formula is C34H40FNO10. The van der Waals surface area contributed by atoms with Crippen LogP contribution in [-0.4, -0.2) is 72.5 Å². The van der Waals surface area contributed by atoms with Crippen molar-refractivity contribution in [1.29, 1.82) is 0 Å². The van der Waals surface area contributed by atoms with Gasteiger partial charge in [-0.05, 0) is 81.7 Å². The second-order valence-corrected chi connectivity index (χ2v) is 11.6. The molecular weight excluding hydrogens is 601 g/mol. The van der Waals surface area contributed by atoms with E-state index in [-0.39, 0.29) is 43.9 Å². The number of methoxy groups -OCH3 is 1. The maximum Gasteiger partial charge on any atom is 0.341 e. The predicted octanol–water partition coefficient (Wildman–Crippen LogP) is 4.53. The molecule has 1 heterocycles. The third-order valence-corrected chi connectivity index (χ3v) is 7.69. The van der Waals surface area contributed by atoms with Crippen molar-refractivity contribution in [3.63, 3.8) is 0 Å². The van der Waals surface area contributed by atoms with E-state index in [1.165, 1.54) is 31.9 Å².